The highest BCUT2D eigenvalue weighted by atomic mass is 16.5. The van der Waals surface area contributed by atoms with Crippen LogP contribution in [0.1, 0.15) is 36.3 Å². The van der Waals surface area contributed by atoms with Crippen LogP contribution in [0.2, 0.25) is 0 Å². The SMILES string of the molecule is COc1cnc(C)cc1C(=O)N[C@H]1C[C@H]2CO[C@@H](C(C)C)CN2C1.O=CO. The van der Waals surface area contributed by atoms with E-state index in [-0.39, 0.29) is 18.4 Å². The molecule has 1 amide bonds. The maximum absolute atomic E-state index is 12.6. The number of methoxy groups -OCH3 is 1. The number of nitrogens with one attached hydrogen (secondary N) is 1. The average molecular weight is 379 g/mol. The Bertz CT molecular complexity index is 652. The molecular formula is C19H29N3O5. The third-order valence-electron chi connectivity index (χ3n) is 4.99. The molecule has 0 saturated carbocycles. The van der Waals surface area contributed by atoms with Gasteiger partial charge in [0.25, 0.3) is 12.4 Å². The predicted octanol–water partition coefficient (Wildman–Crippen LogP) is 1.33. The summed E-state index contributed by atoms with van der Waals surface area (Å²) in [6.07, 6.45) is 2.82. The molecule has 3 heterocycles. The topological polar surface area (TPSA) is 101 Å². The number of nitrogens with zero attached hydrogens (tertiary/aromatic N) is 2. The largest absolute Gasteiger partial charge is 0.494 e. The lowest BCUT2D eigenvalue weighted by Crippen LogP contribution is -2.48. The molecule has 0 bridgehead atoms. The number of aromatic nitrogens is 1. The Morgan fingerprint density at radius 3 is 2.81 bits per heavy atom. The molecule has 0 spiro atoms. The number of morpholine rings is 1. The normalized spacial score (nSPS) is 24.6. The van der Waals surface area contributed by atoms with Gasteiger partial charge in [0, 0.05) is 30.9 Å². The molecule has 0 aliphatic carbocycles. The van der Waals surface area contributed by atoms with Crippen LogP contribution < -0.4 is 10.1 Å². The minimum Gasteiger partial charge on any atom is -0.494 e. The fraction of sp³-hybridized carbons (Fsp3) is 0.632. The van der Waals surface area contributed by atoms with Gasteiger partial charge in [0.1, 0.15) is 5.75 Å². The van der Waals surface area contributed by atoms with Crippen molar-refractivity contribution in [1.29, 1.82) is 0 Å². The zero-order chi connectivity index (χ0) is 20.0. The van der Waals surface area contributed by atoms with Crippen molar-refractivity contribution in [1.82, 2.24) is 15.2 Å². The van der Waals surface area contributed by atoms with Gasteiger partial charge in [0.2, 0.25) is 0 Å². The zero-order valence-electron chi connectivity index (χ0n) is 16.3. The Hall–Kier alpha value is -2.19. The molecule has 8 nitrogen and oxygen atoms in total. The molecule has 3 rings (SSSR count). The van der Waals surface area contributed by atoms with Crippen molar-refractivity contribution in [2.45, 2.75) is 45.4 Å². The van der Waals surface area contributed by atoms with E-state index < -0.39 is 0 Å². The van der Waals surface area contributed by atoms with E-state index in [1.165, 1.54) is 0 Å². The number of hydrogen-bond donors (Lipinski definition) is 2. The van der Waals surface area contributed by atoms with Crippen LogP contribution in [0.4, 0.5) is 0 Å². The summed E-state index contributed by atoms with van der Waals surface area (Å²) in [6.45, 7) is 8.60. The Morgan fingerprint density at radius 2 is 2.19 bits per heavy atom. The van der Waals surface area contributed by atoms with Gasteiger partial charge in [-0.1, -0.05) is 13.8 Å². The molecule has 3 atom stereocenters. The van der Waals surface area contributed by atoms with Gasteiger partial charge in [-0.2, -0.15) is 0 Å². The maximum atomic E-state index is 12.6. The van der Waals surface area contributed by atoms with Crippen molar-refractivity contribution in [3.8, 4) is 5.75 Å². The van der Waals surface area contributed by atoms with Crippen LogP contribution >= 0.6 is 0 Å². The van der Waals surface area contributed by atoms with Crippen molar-refractivity contribution in [3.05, 3.63) is 23.5 Å². The van der Waals surface area contributed by atoms with Crippen molar-refractivity contribution >= 4 is 12.4 Å². The van der Waals surface area contributed by atoms with E-state index >= 15 is 0 Å². The first-order valence-electron chi connectivity index (χ1n) is 9.14. The van der Waals surface area contributed by atoms with E-state index in [4.69, 9.17) is 19.4 Å². The fourth-order valence-corrected chi connectivity index (χ4v) is 3.56. The Labute approximate surface area is 159 Å². The van der Waals surface area contributed by atoms with Crippen LogP contribution in [0.3, 0.4) is 0 Å². The monoisotopic (exact) mass is 379 g/mol. The average Bonchev–Trinajstić information content (AvgIpc) is 3.03. The van der Waals surface area contributed by atoms with Crippen molar-refractivity contribution in [2.75, 3.05) is 26.8 Å². The lowest BCUT2D eigenvalue weighted by Gasteiger charge is -2.36. The van der Waals surface area contributed by atoms with Crippen molar-refractivity contribution in [3.63, 3.8) is 0 Å². The molecule has 0 unspecified atom stereocenters. The molecule has 0 radical (unpaired) electrons. The van der Waals surface area contributed by atoms with Crippen LogP contribution in [-0.4, -0.2) is 72.4 Å². The highest BCUT2D eigenvalue weighted by molar-refractivity contribution is 5.97. The van der Waals surface area contributed by atoms with E-state index in [1.54, 1.807) is 19.4 Å². The van der Waals surface area contributed by atoms with Crippen LogP contribution in [-0.2, 0) is 9.53 Å². The van der Waals surface area contributed by atoms with E-state index in [1.807, 2.05) is 6.92 Å². The van der Waals surface area contributed by atoms with Gasteiger partial charge in [-0.3, -0.25) is 19.5 Å². The first-order valence-corrected chi connectivity index (χ1v) is 9.14. The number of hydrogen-bond acceptors (Lipinski definition) is 6. The quantitative estimate of drug-likeness (QED) is 0.761. The summed E-state index contributed by atoms with van der Waals surface area (Å²) in [5, 5.41) is 10.0. The molecule has 2 aliphatic rings. The summed E-state index contributed by atoms with van der Waals surface area (Å²) >= 11 is 0. The first kappa shape index (κ1) is 21.1. The lowest BCUT2D eigenvalue weighted by molar-refractivity contribution is -0.122. The summed E-state index contributed by atoms with van der Waals surface area (Å²) in [7, 11) is 1.56. The molecule has 2 N–H and O–H groups in total. The van der Waals surface area contributed by atoms with Gasteiger partial charge < -0.3 is 19.9 Å². The molecule has 27 heavy (non-hydrogen) atoms. The number of ether oxygens (including phenoxy) is 2. The summed E-state index contributed by atoms with van der Waals surface area (Å²) < 4.78 is 11.2. The molecule has 2 aliphatic heterocycles. The number of carboxylic acid groups (broad SMARTS) is 1. The van der Waals surface area contributed by atoms with Crippen molar-refractivity contribution in [2.24, 2.45) is 5.92 Å². The van der Waals surface area contributed by atoms with E-state index in [0.717, 1.165) is 31.8 Å². The van der Waals surface area contributed by atoms with E-state index in [9.17, 15) is 4.79 Å². The van der Waals surface area contributed by atoms with Gasteiger partial charge in [-0.25, -0.2) is 0 Å². The Balaban J connectivity index is 0.000000817. The number of amides is 1. The van der Waals surface area contributed by atoms with Crippen LogP contribution in [0.15, 0.2) is 12.3 Å². The predicted molar refractivity (Wildman–Crippen MR) is 100 cm³/mol. The number of aryl methyl sites for hydroxylation is 1. The highest BCUT2D eigenvalue weighted by Crippen LogP contribution is 2.26. The third-order valence-corrected chi connectivity index (χ3v) is 4.99. The minimum atomic E-state index is -0.250. The molecule has 8 heteroatoms. The van der Waals surface area contributed by atoms with Gasteiger partial charge in [-0.05, 0) is 25.3 Å². The maximum Gasteiger partial charge on any atom is 0.290 e. The van der Waals surface area contributed by atoms with E-state index in [2.05, 4.69) is 29.0 Å². The minimum absolute atomic E-state index is 0.0940. The molecule has 2 fully saturated rings. The highest BCUT2D eigenvalue weighted by Gasteiger charge is 2.38. The van der Waals surface area contributed by atoms with Gasteiger partial charge in [0.05, 0.1) is 31.6 Å². The number of rotatable bonds is 4. The van der Waals surface area contributed by atoms with Crippen molar-refractivity contribution < 1.29 is 24.2 Å². The molecular weight excluding hydrogens is 350 g/mol. The second kappa shape index (κ2) is 9.66. The summed E-state index contributed by atoms with van der Waals surface area (Å²) in [6, 6.07) is 2.33. The first-order chi connectivity index (χ1) is 12.9. The molecule has 0 aromatic carbocycles. The van der Waals surface area contributed by atoms with E-state index in [0.29, 0.717) is 29.4 Å². The summed E-state index contributed by atoms with van der Waals surface area (Å²) in [4.78, 5) is 27.6. The lowest BCUT2D eigenvalue weighted by atomic mass is 10.0. The Morgan fingerprint density at radius 1 is 1.48 bits per heavy atom. The van der Waals surface area contributed by atoms with Gasteiger partial charge >= 0.3 is 0 Å². The fourth-order valence-electron chi connectivity index (χ4n) is 3.56. The van der Waals surface area contributed by atoms with Crippen LogP contribution in [0, 0.1) is 12.8 Å². The standard InChI is InChI=1S/C18H27N3O3.CH2O2/c1-11(2)17-9-21-8-13(6-14(21)10-24-17)20-18(22)15-5-12(3)19-7-16(15)23-4;2-1-3/h5,7,11,13-14,17H,6,8-10H2,1-4H3,(H,20,22);1H,(H,2,3)/t13-,14-,17+;/m0./s1. The van der Waals surface area contributed by atoms with Gasteiger partial charge in [0.15, 0.2) is 0 Å². The number of carbonyl (C=O) groups is 2. The molecule has 1 aromatic heterocycles. The number of fused-ring (bicyclic) bond motifs is 1. The number of carbonyl (C=O) groups excluding carboxylic acids is 1. The van der Waals surface area contributed by atoms with Crippen LogP contribution in [0.25, 0.3) is 0 Å². The summed E-state index contributed by atoms with van der Waals surface area (Å²) in [5.74, 6) is 0.934. The number of pyridine rings is 1. The second-order valence-electron chi connectivity index (χ2n) is 7.26. The molecule has 2 saturated heterocycles. The van der Waals surface area contributed by atoms with Crippen LogP contribution in [0.5, 0.6) is 5.75 Å². The molecule has 1 aromatic rings. The zero-order valence-corrected chi connectivity index (χ0v) is 16.3. The van der Waals surface area contributed by atoms with Gasteiger partial charge in [-0.15, -0.1) is 0 Å². The second-order valence-corrected chi connectivity index (χ2v) is 7.26. The third kappa shape index (κ3) is 5.40. The smallest absolute Gasteiger partial charge is 0.290 e. The Kier molecular flexibility index (Phi) is 7.55. The summed E-state index contributed by atoms with van der Waals surface area (Å²) in [5.41, 5.74) is 1.35. The molecule has 150 valence electrons.